The second-order valence-corrected chi connectivity index (χ2v) is 9.37. The Bertz CT molecular complexity index is 1280. The fraction of sp³-hybridized carbons (Fsp3) is 0.400. The molecule has 0 amide bonds. The minimum atomic E-state index is -0.509. The van der Waals surface area contributed by atoms with Crippen LogP contribution in [0.1, 0.15) is 23.2 Å². The number of hydrogen-bond donors (Lipinski definition) is 1. The first-order valence-corrected chi connectivity index (χ1v) is 11.8. The van der Waals surface area contributed by atoms with E-state index in [1.54, 1.807) is 4.68 Å². The largest absolute Gasteiger partial charge is 0.368 e. The van der Waals surface area contributed by atoms with Crippen molar-refractivity contribution in [1.29, 1.82) is 0 Å². The second-order valence-electron chi connectivity index (χ2n) is 9.37. The number of aromatic nitrogens is 4. The van der Waals surface area contributed by atoms with Crippen molar-refractivity contribution in [3.63, 3.8) is 0 Å². The highest BCUT2D eigenvalue weighted by Gasteiger charge is 2.33. The van der Waals surface area contributed by atoms with Crippen molar-refractivity contribution < 1.29 is 8.78 Å². The Morgan fingerprint density at radius 3 is 2.75 bits per heavy atom. The predicted octanol–water partition coefficient (Wildman–Crippen LogP) is 3.47. The number of hydrogen-bond acceptors (Lipinski definition) is 7. The highest BCUT2D eigenvalue weighted by atomic mass is 35.5. The number of benzene rings is 1. The lowest BCUT2D eigenvalue weighted by molar-refractivity contribution is 0.233. The lowest BCUT2D eigenvalue weighted by atomic mass is 9.93. The second kappa shape index (κ2) is 10.4. The molecule has 1 aromatic carbocycles. The van der Waals surface area contributed by atoms with Crippen LogP contribution in [0.3, 0.4) is 0 Å². The maximum absolute atomic E-state index is 14.2. The van der Waals surface area contributed by atoms with Gasteiger partial charge < -0.3 is 15.5 Å². The standard InChI is InChI=1S/C25H30F2N8.ClH/c1-16-17(14-29-35(16)24-13-23(32(2)3)30-25(28)31-24)5-4-8-33-9-10-34-19(15-33)6-7-20-21(27)11-18(26)12-22(20)34;/h4-5,11-14,19H,6-10,15H2,1-3H3,(H2,28,30,31);1H/b5-4+;. The van der Waals surface area contributed by atoms with Gasteiger partial charge in [0.1, 0.15) is 17.5 Å². The van der Waals surface area contributed by atoms with Gasteiger partial charge in [-0.25, -0.2) is 13.5 Å². The van der Waals surface area contributed by atoms with Crippen LogP contribution in [0.4, 0.5) is 26.2 Å². The highest BCUT2D eigenvalue weighted by molar-refractivity contribution is 5.85. The Balaban J connectivity index is 0.00000304. The number of piperazine rings is 1. The van der Waals surface area contributed by atoms with Crippen molar-refractivity contribution in [2.45, 2.75) is 25.8 Å². The summed E-state index contributed by atoms with van der Waals surface area (Å²) >= 11 is 0. The Morgan fingerprint density at radius 2 is 1.97 bits per heavy atom. The molecule has 1 fully saturated rings. The summed E-state index contributed by atoms with van der Waals surface area (Å²) in [6.07, 6.45) is 7.55. The molecule has 0 saturated carbocycles. The Hall–Kier alpha value is -3.24. The maximum Gasteiger partial charge on any atom is 0.224 e. The molecule has 1 unspecified atom stereocenters. The van der Waals surface area contributed by atoms with Gasteiger partial charge in [-0.1, -0.05) is 12.2 Å². The van der Waals surface area contributed by atoms with Crippen molar-refractivity contribution in [3.05, 3.63) is 58.9 Å². The van der Waals surface area contributed by atoms with Crippen molar-refractivity contribution in [2.75, 3.05) is 55.8 Å². The summed E-state index contributed by atoms with van der Waals surface area (Å²) < 4.78 is 29.8. The smallest absolute Gasteiger partial charge is 0.224 e. The van der Waals surface area contributed by atoms with E-state index in [1.807, 2.05) is 38.2 Å². The van der Waals surface area contributed by atoms with Gasteiger partial charge in [-0.15, -0.1) is 12.4 Å². The Labute approximate surface area is 215 Å². The molecular weight excluding hydrogens is 486 g/mol. The lowest BCUT2D eigenvalue weighted by Crippen LogP contribution is -2.55. The van der Waals surface area contributed by atoms with Crippen LogP contribution in [0.2, 0.25) is 0 Å². The zero-order chi connectivity index (χ0) is 24.7. The van der Waals surface area contributed by atoms with Gasteiger partial charge in [-0.05, 0) is 25.8 Å². The fourth-order valence-corrected chi connectivity index (χ4v) is 4.98. The molecule has 0 aliphatic carbocycles. The average Bonchev–Trinajstić information content (AvgIpc) is 3.18. The summed E-state index contributed by atoms with van der Waals surface area (Å²) in [7, 11) is 3.80. The van der Waals surface area contributed by atoms with E-state index in [2.05, 4.69) is 37.0 Å². The molecule has 4 heterocycles. The summed E-state index contributed by atoms with van der Waals surface area (Å²) in [6, 6.07) is 4.59. The molecule has 5 rings (SSSR count). The molecule has 2 aromatic heterocycles. The molecule has 8 nitrogen and oxygen atoms in total. The van der Waals surface area contributed by atoms with Crippen LogP contribution < -0.4 is 15.5 Å². The third kappa shape index (κ3) is 5.01. The SMILES string of the molecule is Cc1c(/C=C/CN2CCN3c4cc(F)cc(F)c4CCC3C2)cnn1-c1cc(N(C)C)nc(N)n1.Cl. The normalized spacial score (nSPS) is 17.6. The lowest BCUT2D eigenvalue weighted by Gasteiger charge is -2.46. The van der Waals surface area contributed by atoms with Gasteiger partial charge in [0.15, 0.2) is 5.82 Å². The van der Waals surface area contributed by atoms with E-state index >= 15 is 0 Å². The fourth-order valence-electron chi connectivity index (χ4n) is 4.98. The van der Waals surface area contributed by atoms with E-state index in [-0.39, 0.29) is 24.4 Å². The molecule has 11 heteroatoms. The van der Waals surface area contributed by atoms with Gasteiger partial charge >= 0.3 is 0 Å². The summed E-state index contributed by atoms with van der Waals surface area (Å²) in [5.74, 6) is 0.607. The molecule has 3 aromatic rings. The summed E-state index contributed by atoms with van der Waals surface area (Å²) in [4.78, 5) is 15.0. The monoisotopic (exact) mass is 516 g/mol. The number of nitrogens with zero attached hydrogens (tertiary/aromatic N) is 7. The Morgan fingerprint density at radius 1 is 1.17 bits per heavy atom. The van der Waals surface area contributed by atoms with E-state index in [1.165, 1.54) is 6.07 Å². The van der Waals surface area contributed by atoms with Gasteiger partial charge in [0, 0.05) is 75.3 Å². The number of fused-ring (bicyclic) bond motifs is 3. The van der Waals surface area contributed by atoms with Crippen LogP contribution in [-0.4, -0.2) is 71.0 Å². The number of anilines is 3. The molecular formula is C25H31ClF2N8. The number of nitrogens with two attached hydrogens (primary N) is 1. The molecule has 192 valence electrons. The summed E-state index contributed by atoms with van der Waals surface area (Å²) in [6.45, 7) is 5.26. The third-order valence-corrected chi connectivity index (χ3v) is 6.84. The first-order valence-electron chi connectivity index (χ1n) is 11.8. The van der Waals surface area contributed by atoms with Crippen LogP contribution in [0.5, 0.6) is 0 Å². The van der Waals surface area contributed by atoms with Crippen molar-refractivity contribution in [3.8, 4) is 5.82 Å². The quantitative estimate of drug-likeness (QED) is 0.556. The van der Waals surface area contributed by atoms with E-state index < -0.39 is 11.6 Å². The van der Waals surface area contributed by atoms with Crippen molar-refractivity contribution in [1.82, 2.24) is 24.6 Å². The van der Waals surface area contributed by atoms with E-state index in [0.29, 0.717) is 17.8 Å². The van der Waals surface area contributed by atoms with Crippen LogP contribution >= 0.6 is 12.4 Å². The van der Waals surface area contributed by atoms with Gasteiger partial charge in [-0.3, -0.25) is 4.90 Å². The maximum atomic E-state index is 14.2. The first-order chi connectivity index (χ1) is 16.8. The molecule has 0 bridgehead atoms. The predicted molar refractivity (Wildman–Crippen MR) is 141 cm³/mol. The Kier molecular flexibility index (Phi) is 7.46. The van der Waals surface area contributed by atoms with Crippen LogP contribution in [-0.2, 0) is 6.42 Å². The highest BCUT2D eigenvalue weighted by Crippen LogP contribution is 2.35. The average molecular weight is 517 g/mol. The van der Waals surface area contributed by atoms with Crippen LogP contribution in [0.15, 0.2) is 30.5 Å². The van der Waals surface area contributed by atoms with E-state index in [9.17, 15) is 8.78 Å². The molecule has 0 spiro atoms. The molecule has 1 saturated heterocycles. The minimum absolute atomic E-state index is 0. The van der Waals surface area contributed by atoms with Crippen LogP contribution in [0, 0.1) is 18.6 Å². The minimum Gasteiger partial charge on any atom is -0.368 e. The molecule has 2 aliphatic heterocycles. The third-order valence-electron chi connectivity index (χ3n) is 6.84. The van der Waals surface area contributed by atoms with Crippen molar-refractivity contribution in [2.24, 2.45) is 0 Å². The number of nitrogen functional groups attached to an aromatic ring is 1. The summed E-state index contributed by atoms with van der Waals surface area (Å²) in [5, 5.41) is 4.50. The van der Waals surface area contributed by atoms with E-state index in [4.69, 9.17) is 5.73 Å². The summed E-state index contributed by atoms with van der Waals surface area (Å²) in [5.41, 5.74) is 9.22. The van der Waals surface area contributed by atoms with Gasteiger partial charge in [-0.2, -0.15) is 15.1 Å². The van der Waals surface area contributed by atoms with Gasteiger partial charge in [0.25, 0.3) is 0 Å². The zero-order valence-electron chi connectivity index (χ0n) is 20.7. The van der Waals surface area contributed by atoms with E-state index in [0.717, 1.165) is 61.4 Å². The zero-order valence-corrected chi connectivity index (χ0v) is 21.5. The van der Waals surface area contributed by atoms with Crippen LogP contribution in [0.25, 0.3) is 11.9 Å². The molecule has 2 N–H and O–H groups in total. The van der Waals surface area contributed by atoms with Gasteiger partial charge in [0.05, 0.1) is 11.9 Å². The molecule has 1 atom stereocenters. The molecule has 36 heavy (non-hydrogen) atoms. The number of rotatable bonds is 5. The van der Waals surface area contributed by atoms with Gasteiger partial charge in [0.2, 0.25) is 5.95 Å². The topological polar surface area (TPSA) is 79.3 Å². The molecule has 0 radical (unpaired) electrons. The molecule has 2 aliphatic rings. The van der Waals surface area contributed by atoms with Crippen molar-refractivity contribution >= 4 is 35.9 Å². The number of halogens is 3. The first kappa shape index (κ1) is 25.8.